The molecule has 0 aromatic heterocycles. The largest absolute Gasteiger partial charge is 0.358 e. The number of ether oxygens (including phenoxy) is 1. The second-order valence-corrected chi connectivity index (χ2v) is 5.45. The van der Waals surface area contributed by atoms with E-state index in [-0.39, 0.29) is 0 Å². The van der Waals surface area contributed by atoms with Gasteiger partial charge >= 0.3 is 0 Å². The zero-order valence-electron chi connectivity index (χ0n) is 10.7. The predicted octanol–water partition coefficient (Wildman–Crippen LogP) is 1.85. The number of likely N-dealkylation sites (N-methyl/N-ethyl adjacent to an activating group) is 1. The molecule has 3 nitrogen and oxygen atoms in total. The standard InChI is InChI=1S/C15H15NO2/c1-9-8-12-10-6-4-5-7-11(10)13(12)14(16(2)3)15(9,17)18-14/h4-8,17H,1-3H3. The molecule has 0 bridgehead atoms. The zero-order valence-corrected chi connectivity index (χ0v) is 10.7. The average Bonchev–Trinajstić information content (AvgIpc) is 2.96. The van der Waals surface area contributed by atoms with Gasteiger partial charge in [-0.3, -0.25) is 4.90 Å². The highest BCUT2D eigenvalue weighted by Gasteiger charge is 2.77. The van der Waals surface area contributed by atoms with Gasteiger partial charge in [0, 0.05) is 5.57 Å². The summed E-state index contributed by atoms with van der Waals surface area (Å²) in [6.45, 7) is 1.93. The number of nitrogens with zero attached hydrogens (tertiary/aromatic N) is 1. The van der Waals surface area contributed by atoms with E-state index in [1.165, 1.54) is 16.7 Å². The third kappa shape index (κ3) is 0.840. The SMILES string of the molecule is CC1=CC2=C(c3ccccc32)C2(N(C)C)OC12O. The molecule has 1 N–H and O–H groups in total. The van der Waals surface area contributed by atoms with E-state index in [0.29, 0.717) is 0 Å². The Morgan fingerprint density at radius 1 is 1.17 bits per heavy atom. The normalized spacial score (nSPS) is 35.5. The molecule has 0 amide bonds. The lowest BCUT2D eigenvalue weighted by Crippen LogP contribution is -2.45. The van der Waals surface area contributed by atoms with Crippen molar-refractivity contribution in [2.24, 2.45) is 0 Å². The molecule has 92 valence electrons. The van der Waals surface area contributed by atoms with E-state index in [1.54, 1.807) is 0 Å². The smallest absolute Gasteiger partial charge is 0.239 e. The summed E-state index contributed by atoms with van der Waals surface area (Å²) in [7, 11) is 3.89. The molecule has 0 saturated carbocycles. The fourth-order valence-electron chi connectivity index (χ4n) is 3.36. The van der Waals surface area contributed by atoms with Gasteiger partial charge < -0.3 is 9.84 Å². The van der Waals surface area contributed by atoms with Crippen molar-refractivity contribution < 1.29 is 9.84 Å². The Bertz CT molecular complexity index is 644. The van der Waals surface area contributed by atoms with Gasteiger partial charge in [-0.2, -0.15) is 0 Å². The zero-order chi connectivity index (χ0) is 12.7. The Kier molecular flexibility index (Phi) is 1.62. The molecular formula is C15H15NO2. The number of benzene rings is 1. The van der Waals surface area contributed by atoms with Crippen molar-refractivity contribution in [2.75, 3.05) is 14.1 Å². The van der Waals surface area contributed by atoms with Crippen LogP contribution in [0.4, 0.5) is 0 Å². The third-order valence-electron chi connectivity index (χ3n) is 4.33. The Labute approximate surface area is 106 Å². The van der Waals surface area contributed by atoms with Crippen LogP contribution in [-0.4, -0.2) is 35.6 Å². The molecule has 2 aliphatic carbocycles. The summed E-state index contributed by atoms with van der Waals surface area (Å²) >= 11 is 0. The van der Waals surface area contributed by atoms with Crippen LogP contribution in [0.1, 0.15) is 18.1 Å². The van der Waals surface area contributed by atoms with Crippen LogP contribution < -0.4 is 0 Å². The van der Waals surface area contributed by atoms with E-state index >= 15 is 0 Å². The Balaban J connectivity index is 1.98. The predicted molar refractivity (Wildman–Crippen MR) is 69.5 cm³/mol. The highest BCUT2D eigenvalue weighted by Crippen LogP contribution is 2.67. The summed E-state index contributed by atoms with van der Waals surface area (Å²) in [6, 6.07) is 8.28. The van der Waals surface area contributed by atoms with Crippen molar-refractivity contribution >= 4 is 11.1 Å². The second kappa shape index (κ2) is 2.77. The van der Waals surface area contributed by atoms with Crippen molar-refractivity contribution in [1.29, 1.82) is 0 Å². The molecule has 3 aliphatic rings. The first-order valence-electron chi connectivity index (χ1n) is 6.15. The number of hydrogen-bond donors (Lipinski definition) is 1. The van der Waals surface area contributed by atoms with Gasteiger partial charge in [-0.15, -0.1) is 0 Å². The lowest BCUT2D eigenvalue weighted by molar-refractivity contribution is 0.0711. The van der Waals surface area contributed by atoms with Crippen molar-refractivity contribution in [1.82, 2.24) is 4.90 Å². The summed E-state index contributed by atoms with van der Waals surface area (Å²) in [5.74, 6) is -1.15. The van der Waals surface area contributed by atoms with Gasteiger partial charge in [0.2, 0.25) is 11.5 Å². The van der Waals surface area contributed by atoms with E-state index in [9.17, 15) is 5.11 Å². The molecule has 1 heterocycles. The summed E-state index contributed by atoms with van der Waals surface area (Å²) in [5.41, 5.74) is 4.97. The van der Waals surface area contributed by atoms with Gasteiger partial charge in [0.1, 0.15) is 0 Å². The first kappa shape index (κ1) is 10.5. The molecule has 2 atom stereocenters. The maximum Gasteiger partial charge on any atom is 0.239 e. The van der Waals surface area contributed by atoms with E-state index in [4.69, 9.17) is 4.74 Å². The van der Waals surface area contributed by atoms with Gasteiger partial charge in [-0.05, 0) is 49.4 Å². The van der Waals surface area contributed by atoms with Crippen LogP contribution in [0.5, 0.6) is 0 Å². The minimum Gasteiger partial charge on any atom is -0.358 e. The fraction of sp³-hybridized carbons (Fsp3) is 0.333. The molecule has 4 rings (SSSR count). The van der Waals surface area contributed by atoms with Gasteiger partial charge in [-0.1, -0.05) is 24.3 Å². The molecule has 3 heteroatoms. The molecule has 1 aromatic carbocycles. The lowest BCUT2D eigenvalue weighted by atomic mass is 9.70. The third-order valence-corrected chi connectivity index (χ3v) is 4.33. The quantitative estimate of drug-likeness (QED) is 0.762. The van der Waals surface area contributed by atoms with Crippen molar-refractivity contribution in [2.45, 2.75) is 18.4 Å². The number of fused-ring (bicyclic) bond motifs is 5. The van der Waals surface area contributed by atoms with Crippen molar-refractivity contribution in [3.63, 3.8) is 0 Å². The highest BCUT2D eigenvalue weighted by atomic mass is 16.8. The molecule has 0 spiro atoms. The van der Waals surface area contributed by atoms with Crippen molar-refractivity contribution in [3.8, 4) is 0 Å². The molecule has 0 radical (unpaired) electrons. The second-order valence-electron chi connectivity index (χ2n) is 5.45. The van der Waals surface area contributed by atoms with Gasteiger partial charge in [-0.25, -0.2) is 0 Å². The minimum absolute atomic E-state index is 0.685. The number of epoxide rings is 1. The average molecular weight is 241 g/mol. The van der Waals surface area contributed by atoms with E-state index in [1.807, 2.05) is 44.1 Å². The summed E-state index contributed by atoms with van der Waals surface area (Å²) in [6.07, 6.45) is 2.05. The van der Waals surface area contributed by atoms with Crippen molar-refractivity contribution in [3.05, 3.63) is 47.0 Å². The van der Waals surface area contributed by atoms with Crippen LogP contribution in [0.2, 0.25) is 0 Å². The first-order valence-corrected chi connectivity index (χ1v) is 6.15. The van der Waals surface area contributed by atoms with E-state index < -0.39 is 11.5 Å². The topological polar surface area (TPSA) is 36.0 Å². The van der Waals surface area contributed by atoms with Crippen LogP contribution in [0, 0.1) is 0 Å². The summed E-state index contributed by atoms with van der Waals surface area (Å²) in [4.78, 5) is 1.97. The Morgan fingerprint density at radius 2 is 1.83 bits per heavy atom. The highest BCUT2D eigenvalue weighted by molar-refractivity contribution is 6.13. The van der Waals surface area contributed by atoms with Gasteiger partial charge in [0.05, 0.1) is 0 Å². The molecule has 1 fully saturated rings. The van der Waals surface area contributed by atoms with Crippen LogP contribution in [0.15, 0.2) is 35.9 Å². The van der Waals surface area contributed by atoms with E-state index in [2.05, 4.69) is 12.1 Å². The molecule has 1 aliphatic heterocycles. The van der Waals surface area contributed by atoms with E-state index in [0.717, 1.165) is 11.1 Å². The molecule has 1 saturated heterocycles. The summed E-state index contributed by atoms with van der Waals surface area (Å²) in [5, 5.41) is 10.6. The van der Waals surface area contributed by atoms with Gasteiger partial charge in [0.15, 0.2) is 0 Å². The number of aliphatic hydroxyl groups is 1. The summed E-state index contributed by atoms with van der Waals surface area (Å²) < 4.78 is 5.77. The van der Waals surface area contributed by atoms with Crippen LogP contribution >= 0.6 is 0 Å². The molecular weight excluding hydrogens is 226 g/mol. The molecule has 18 heavy (non-hydrogen) atoms. The maximum absolute atomic E-state index is 10.6. The first-order chi connectivity index (χ1) is 8.52. The number of rotatable bonds is 1. The molecule has 1 aromatic rings. The minimum atomic E-state index is -1.15. The fourth-order valence-corrected chi connectivity index (χ4v) is 3.36. The monoisotopic (exact) mass is 241 g/mol. The lowest BCUT2D eigenvalue weighted by Gasteiger charge is -2.37. The maximum atomic E-state index is 10.6. The Hall–Kier alpha value is -1.42. The van der Waals surface area contributed by atoms with Crippen LogP contribution in [-0.2, 0) is 4.74 Å². The number of hydrogen-bond acceptors (Lipinski definition) is 3. The molecule has 2 unspecified atom stereocenters. The van der Waals surface area contributed by atoms with Gasteiger partial charge in [0.25, 0.3) is 0 Å². The Morgan fingerprint density at radius 3 is 2.50 bits per heavy atom. The van der Waals surface area contributed by atoms with Crippen LogP contribution in [0.3, 0.4) is 0 Å². The van der Waals surface area contributed by atoms with Crippen LogP contribution in [0.25, 0.3) is 11.1 Å². The number of allylic oxidation sites excluding steroid dienone is 2.